The maximum atomic E-state index is 11.7. The molecule has 0 aromatic heterocycles. The molecule has 26 nitrogen and oxygen atoms in total. The van der Waals surface area contributed by atoms with Crippen molar-refractivity contribution in [1.82, 2.24) is 36.4 Å². The van der Waals surface area contributed by atoms with Gasteiger partial charge >= 0.3 is 17.9 Å². The first kappa shape index (κ1) is 114. The van der Waals surface area contributed by atoms with Gasteiger partial charge in [-0.2, -0.15) is 5.90 Å². The summed E-state index contributed by atoms with van der Waals surface area (Å²) in [6.45, 7) is 18.9. The molecule has 2 aliphatic heterocycles. The summed E-state index contributed by atoms with van der Waals surface area (Å²) in [7, 11) is 5.11. The van der Waals surface area contributed by atoms with Gasteiger partial charge in [0.1, 0.15) is 48.9 Å². The number of imide groups is 2. The van der Waals surface area contributed by atoms with Gasteiger partial charge in [-0.05, 0) is 172 Å². The number of rotatable bonds is 33. The highest BCUT2D eigenvalue weighted by atomic mass is 32.7. The summed E-state index contributed by atoms with van der Waals surface area (Å²) in [5.74, 6) is 2.21. The highest BCUT2D eigenvalue weighted by Gasteiger charge is 2.31. The molecule has 2 heterocycles. The smallest absolute Gasteiger partial charge is 0.338 e. The number of fused-ring (bicyclic) bond motifs is 6. The normalized spacial score (nSPS) is 12.2. The predicted molar refractivity (Wildman–Crippen MR) is 467 cm³/mol. The maximum Gasteiger partial charge on any atom is 0.338 e. The SMILES string of the molecule is C.C.C.CC(=O)CNC(C=O)CCCCNC(=O)CCN1C(=O)C=CC1=O.CC(=O)CNC(C=O)CCCCNC(=O)CCN1C(=O)C=CC1=O.CC(=O)OCC1c2ccccc2-c2ccccc21.CC(=O)OCC1c2ccccc2-c2ccccc21.CC(C)=O.CCC.CCC(C)=O.CNCC(=O)ON.S=PP=S.S=PP=S. The summed E-state index contributed by atoms with van der Waals surface area (Å²) >= 11 is 17.6. The first-order valence-electron chi connectivity index (χ1n) is 35.4. The third-order valence-electron chi connectivity index (χ3n) is 14.9. The van der Waals surface area contributed by atoms with E-state index in [9.17, 15) is 71.9 Å². The Hall–Kier alpha value is -8.07. The monoisotopic (exact) mass is 1730 g/mol. The lowest BCUT2D eigenvalue weighted by molar-refractivity contribution is -0.143. The van der Waals surface area contributed by atoms with Crippen molar-refractivity contribution < 1.29 is 86.2 Å². The summed E-state index contributed by atoms with van der Waals surface area (Å²) in [6, 6.07) is 32.6. The molecule has 4 aromatic carbocycles. The first-order chi connectivity index (χ1) is 53.0. The standard InChI is InChI=1S/2C16H23N3O5.2C16H14O2.C4H8O.C3H8N2O2.C3H6O.C3H8.3CH4.2P2S2/c2*1-12(21)10-18-13(11-20)4-2-3-8-17-14(22)7-9-19-15(23)5-6-16(19)24;2*1-11(17)18-10-16-14-8-4-2-6-12(14)13-7-3-5-9-15(13)16;1-3-4(2)5;1-5-2-3(6)7-4;1-3(2)4;1-3-2;;;;2*3-1-2-4/h2*5-6,11,13,18H,2-4,7-10H2,1H3,(H,17,22);2*2-9,16H,10H2,1H3;3H2,1-2H3;5H,2,4H2,1H3;1-2H3;3H2,1-2H3;3*1H4;;. The van der Waals surface area contributed by atoms with Crippen LogP contribution in [0.15, 0.2) is 121 Å². The highest BCUT2D eigenvalue weighted by Crippen LogP contribution is 2.45. The molecule has 114 heavy (non-hydrogen) atoms. The van der Waals surface area contributed by atoms with Gasteiger partial charge in [-0.25, -0.2) is 4.79 Å². The quantitative estimate of drug-likeness (QED) is 0.00644. The number of ether oxygens (including phenoxy) is 2. The first-order valence-corrected chi connectivity index (χ1v) is 44.4. The molecule has 0 radical (unpaired) electrons. The molecule has 34 heteroatoms. The molecule has 8 rings (SSSR count). The van der Waals surface area contributed by atoms with Gasteiger partial charge in [0, 0.05) is 124 Å². The Balaban J connectivity index is -0.000000415. The van der Waals surface area contributed by atoms with E-state index in [1.807, 2.05) is 55.5 Å². The Kier molecular flexibility index (Phi) is 71.8. The molecule has 0 spiro atoms. The summed E-state index contributed by atoms with van der Waals surface area (Å²) in [5.41, 5.74) is 10.0. The fourth-order valence-corrected chi connectivity index (χ4v) is 9.79. The molecule has 6 amide bonds. The molecule has 7 N–H and O–H groups in total. The van der Waals surface area contributed by atoms with E-state index in [-0.39, 0.29) is 139 Å². The Morgan fingerprint density at radius 1 is 0.474 bits per heavy atom. The van der Waals surface area contributed by atoms with Gasteiger partial charge in [0.15, 0.2) is 0 Å². The molecule has 0 fully saturated rings. The number of nitrogens with one attached hydrogen (secondary N) is 5. The predicted octanol–water partition coefficient (Wildman–Crippen LogP) is 12.4. The molecular weight excluding hydrogens is 1610 g/mol. The third-order valence-corrected chi connectivity index (χ3v) is 20.2. The molecule has 0 bridgehead atoms. The van der Waals surface area contributed by atoms with Crippen LogP contribution in [0.25, 0.3) is 22.3 Å². The van der Waals surface area contributed by atoms with Crippen LogP contribution in [0.1, 0.15) is 190 Å². The zero-order valence-corrected chi connectivity index (χ0v) is 71.5. The van der Waals surface area contributed by atoms with Gasteiger partial charge < -0.3 is 60.1 Å². The molecule has 2 unspecified atom stereocenters. The van der Waals surface area contributed by atoms with E-state index < -0.39 is 29.6 Å². The van der Waals surface area contributed by atoms with Crippen molar-refractivity contribution >= 4 is 164 Å². The maximum absolute atomic E-state index is 11.7. The van der Waals surface area contributed by atoms with Crippen LogP contribution < -0.4 is 32.5 Å². The average molecular weight is 1730 g/mol. The highest BCUT2D eigenvalue weighted by molar-refractivity contribution is 8.41. The van der Waals surface area contributed by atoms with Crippen LogP contribution in [-0.4, -0.2) is 177 Å². The van der Waals surface area contributed by atoms with Gasteiger partial charge in [-0.1, -0.05) is 147 Å². The van der Waals surface area contributed by atoms with E-state index in [1.54, 1.807) is 14.0 Å². The number of hydrogen-bond donors (Lipinski definition) is 6. The largest absolute Gasteiger partial charge is 0.465 e. The number of likely N-dealkylation sites (N-methyl/N-ethyl adjacent to an activating group) is 1. The summed E-state index contributed by atoms with van der Waals surface area (Å²) < 4.78 is 10.4. The second-order valence-corrected chi connectivity index (χ2v) is 32.7. The van der Waals surface area contributed by atoms with Crippen LogP contribution in [0.5, 0.6) is 0 Å². The van der Waals surface area contributed by atoms with E-state index >= 15 is 0 Å². The van der Waals surface area contributed by atoms with E-state index in [1.165, 1.54) is 117 Å². The lowest BCUT2D eigenvalue weighted by atomic mass is 9.98. The number of carbonyl (C=O) groups excluding carboxylic acids is 15. The summed E-state index contributed by atoms with van der Waals surface area (Å²) in [6.07, 6.45) is 12.4. The minimum atomic E-state index is -0.456. The van der Waals surface area contributed by atoms with Crippen molar-refractivity contribution in [3.8, 4) is 22.3 Å². The number of nitrogens with zero attached hydrogens (tertiary/aromatic N) is 2. The molecule has 2 atom stereocenters. The minimum absolute atomic E-state index is 0. The minimum Gasteiger partial charge on any atom is -0.465 e. The number of unbranched alkanes of at least 4 members (excludes halogenated alkanes) is 2. The van der Waals surface area contributed by atoms with E-state index in [0.717, 1.165) is 63.4 Å². The lowest BCUT2D eigenvalue weighted by Crippen LogP contribution is -2.35. The van der Waals surface area contributed by atoms with Gasteiger partial charge in [0.05, 0.1) is 31.7 Å². The van der Waals surface area contributed by atoms with Crippen molar-refractivity contribution in [3.05, 3.63) is 144 Å². The number of Topliss-reactive ketones (excluding diaryl/α,β-unsaturated/α-hetero) is 4. The van der Waals surface area contributed by atoms with Gasteiger partial charge in [0.25, 0.3) is 23.6 Å². The number of benzene rings is 4. The molecule has 0 saturated heterocycles. The topological polar surface area (TPSA) is 376 Å². The Bertz CT molecular complexity index is 3420. The van der Waals surface area contributed by atoms with E-state index in [4.69, 9.17) is 9.47 Å². The van der Waals surface area contributed by atoms with E-state index in [2.05, 4.69) is 147 Å². The van der Waals surface area contributed by atoms with Crippen LogP contribution in [0.4, 0.5) is 0 Å². The van der Waals surface area contributed by atoms with Crippen molar-refractivity contribution in [1.29, 1.82) is 0 Å². The molecule has 0 saturated carbocycles. The van der Waals surface area contributed by atoms with Crippen LogP contribution in [0.3, 0.4) is 0 Å². The van der Waals surface area contributed by atoms with Crippen molar-refractivity contribution in [2.75, 3.05) is 66.1 Å². The number of carbonyl (C=O) groups is 15. The number of esters is 2. The number of amides is 6. The molecule has 4 aliphatic rings. The number of aldehydes is 2. The molecular formula is C80H116N8O18P4S4. The number of ketones is 4. The lowest BCUT2D eigenvalue weighted by Gasteiger charge is -2.13. The second kappa shape index (κ2) is 71.5. The van der Waals surface area contributed by atoms with Crippen molar-refractivity contribution in [2.45, 2.75) is 180 Å². The summed E-state index contributed by atoms with van der Waals surface area (Å²) in [4.78, 5) is 169. The Morgan fingerprint density at radius 2 is 0.746 bits per heavy atom. The Labute approximate surface area is 700 Å². The van der Waals surface area contributed by atoms with Crippen LogP contribution in [0, 0.1) is 0 Å². The van der Waals surface area contributed by atoms with Crippen molar-refractivity contribution in [3.63, 3.8) is 0 Å². The van der Waals surface area contributed by atoms with Crippen molar-refractivity contribution in [2.24, 2.45) is 5.90 Å². The third kappa shape index (κ3) is 52.4. The zero-order valence-electron chi connectivity index (χ0n) is 64.7. The van der Waals surface area contributed by atoms with Gasteiger partial charge in [-0.3, -0.25) is 57.7 Å². The average Bonchev–Trinajstić information content (AvgIpc) is 1.62. The van der Waals surface area contributed by atoms with Crippen LogP contribution in [0.2, 0.25) is 0 Å². The van der Waals surface area contributed by atoms with E-state index in [0.29, 0.717) is 58.4 Å². The zero-order chi connectivity index (χ0) is 84.1. The fraction of sp³-hybridized carbons (Fsp3) is 0.463. The van der Waals surface area contributed by atoms with Gasteiger partial charge in [-0.15, -0.1) is 0 Å². The molecule has 2 aliphatic carbocycles. The van der Waals surface area contributed by atoms with Crippen LogP contribution >= 0.6 is 28.2 Å². The molecule has 628 valence electrons. The molecule has 4 aromatic rings. The second-order valence-electron chi connectivity index (χ2n) is 24.2. The van der Waals surface area contributed by atoms with Crippen LogP contribution in [-0.2, 0) is 133 Å². The fourth-order valence-electron chi connectivity index (χ4n) is 9.79. The van der Waals surface area contributed by atoms with Gasteiger partial charge in [0.2, 0.25) is 11.8 Å². The number of nitrogens with two attached hydrogens (primary N) is 1. The Morgan fingerprint density at radius 3 is 0.956 bits per heavy atom. The summed E-state index contributed by atoms with van der Waals surface area (Å²) in [5, 5.41) is 13.7. The number of hydrogen-bond acceptors (Lipinski definition) is 26.